The number of nitrogen functional groups attached to an aromatic ring is 1. The molecule has 0 amide bonds. The van der Waals surface area contributed by atoms with Crippen molar-refractivity contribution in [2.75, 3.05) is 20.0 Å². The molecule has 2 N–H and O–H groups in total. The van der Waals surface area contributed by atoms with Crippen LogP contribution in [0.1, 0.15) is 5.69 Å². The number of nitrogens with two attached hydrogens (primary N) is 1. The molecular weight excluding hydrogens is 356 g/mol. The molecule has 1 heterocycles. The van der Waals surface area contributed by atoms with Crippen molar-refractivity contribution in [2.24, 2.45) is 0 Å². The summed E-state index contributed by atoms with van der Waals surface area (Å²) in [6.07, 6.45) is 1.60. The molecule has 1 unspecified atom stereocenters. The Morgan fingerprint density at radius 3 is 2.67 bits per heavy atom. The van der Waals surface area contributed by atoms with Gasteiger partial charge in [0, 0.05) is 22.4 Å². The van der Waals surface area contributed by atoms with Crippen LogP contribution in [0.25, 0.3) is 0 Å². The van der Waals surface area contributed by atoms with Crippen LogP contribution >= 0.6 is 15.9 Å². The zero-order valence-electron chi connectivity index (χ0n) is 11.6. The van der Waals surface area contributed by atoms with E-state index in [-0.39, 0.29) is 5.75 Å². The van der Waals surface area contributed by atoms with Crippen LogP contribution in [0.3, 0.4) is 0 Å². The van der Waals surface area contributed by atoms with Crippen LogP contribution in [0.2, 0.25) is 0 Å². The number of halogens is 1. The van der Waals surface area contributed by atoms with Gasteiger partial charge >= 0.3 is 0 Å². The first-order chi connectivity index (χ1) is 10.1. The Labute approximate surface area is 134 Å². The van der Waals surface area contributed by atoms with E-state index in [9.17, 15) is 4.21 Å². The van der Waals surface area contributed by atoms with Gasteiger partial charge < -0.3 is 15.2 Å². The van der Waals surface area contributed by atoms with Gasteiger partial charge in [-0.15, -0.1) is 0 Å². The quantitative estimate of drug-likeness (QED) is 0.819. The van der Waals surface area contributed by atoms with Crippen molar-refractivity contribution in [1.29, 1.82) is 0 Å². The molecular formula is C14H15BrN2O3S. The van der Waals surface area contributed by atoms with Crippen molar-refractivity contribution < 1.29 is 13.7 Å². The number of pyridine rings is 1. The largest absolute Gasteiger partial charge is 0.493 e. The highest BCUT2D eigenvalue weighted by molar-refractivity contribution is 9.10. The number of methoxy groups -OCH3 is 2. The highest BCUT2D eigenvalue weighted by Gasteiger charge is 2.16. The van der Waals surface area contributed by atoms with Gasteiger partial charge in [0.25, 0.3) is 0 Å². The van der Waals surface area contributed by atoms with E-state index >= 15 is 0 Å². The highest BCUT2D eigenvalue weighted by Crippen LogP contribution is 2.31. The number of anilines is 1. The number of rotatable bonds is 5. The van der Waals surface area contributed by atoms with E-state index in [2.05, 4.69) is 20.9 Å². The number of hydrogen-bond acceptors (Lipinski definition) is 5. The summed E-state index contributed by atoms with van der Waals surface area (Å²) in [5.74, 6) is 1.29. The first kappa shape index (κ1) is 15.8. The van der Waals surface area contributed by atoms with Gasteiger partial charge in [-0.2, -0.15) is 0 Å². The molecule has 21 heavy (non-hydrogen) atoms. The van der Waals surface area contributed by atoms with E-state index in [0.29, 0.717) is 32.2 Å². The van der Waals surface area contributed by atoms with Crippen LogP contribution in [-0.2, 0) is 16.6 Å². The molecule has 112 valence electrons. The lowest BCUT2D eigenvalue weighted by Crippen LogP contribution is -2.04. The van der Waals surface area contributed by atoms with Crippen LogP contribution in [0.15, 0.2) is 39.8 Å². The zero-order chi connectivity index (χ0) is 15.4. The molecule has 0 saturated carbocycles. The maximum Gasteiger partial charge on any atom is 0.183 e. The second-order valence-corrected chi connectivity index (χ2v) is 6.45. The van der Waals surface area contributed by atoms with Gasteiger partial charge in [0.1, 0.15) is 0 Å². The summed E-state index contributed by atoms with van der Waals surface area (Å²) in [6.45, 7) is 0. The summed E-state index contributed by atoms with van der Waals surface area (Å²) < 4.78 is 23.7. The summed E-state index contributed by atoms with van der Waals surface area (Å²) in [4.78, 5) is 4.90. The van der Waals surface area contributed by atoms with Crippen molar-refractivity contribution in [3.8, 4) is 11.5 Å². The molecule has 1 aromatic heterocycles. The SMILES string of the molecule is COc1ccnc(CS(=O)c2ccc(N)cc2Br)c1OC. The van der Waals surface area contributed by atoms with E-state index in [1.807, 2.05) is 0 Å². The van der Waals surface area contributed by atoms with Gasteiger partial charge in [-0.05, 0) is 34.1 Å². The highest BCUT2D eigenvalue weighted by atomic mass is 79.9. The standard InChI is InChI=1S/C14H15BrN2O3S/c1-19-12-5-6-17-11(14(12)20-2)8-21(18)13-4-3-9(16)7-10(13)15/h3-7H,8,16H2,1-2H3. The molecule has 0 radical (unpaired) electrons. The Hall–Kier alpha value is -1.60. The van der Waals surface area contributed by atoms with E-state index in [1.165, 1.54) is 7.11 Å². The van der Waals surface area contributed by atoms with Crippen LogP contribution in [0.5, 0.6) is 11.5 Å². The van der Waals surface area contributed by atoms with Gasteiger partial charge in [0.2, 0.25) is 0 Å². The van der Waals surface area contributed by atoms with Crippen LogP contribution in [0, 0.1) is 0 Å². The average molecular weight is 371 g/mol. The maximum atomic E-state index is 12.5. The molecule has 0 aliphatic carbocycles. The predicted molar refractivity (Wildman–Crippen MR) is 86.0 cm³/mol. The van der Waals surface area contributed by atoms with Crippen molar-refractivity contribution in [3.63, 3.8) is 0 Å². The predicted octanol–water partition coefficient (Wildman–Crippen LogP) is 2.75. The number of hydrogen-bond donors (Lipinski definition) is 1. The van der Waals surface area contributed by atoms with E-state index in [0.717, 1.165) is 0 Å². The second-order valence-electron chi connectivity index (χ2n) is 4.17. The van der Waals surface area contributed by atoms with Gasteiger partial charge in [-0.3, -0.25) is 9.19 Å². The van der Waals surface area contributed by atoms with E-state index in [4.69, 9.17) is 15.2 Å². The zero-order valence-corrected chi connectivity index (χ0v) is 14.0. The normalized spacial score (nSPS) is 12.0. The molecule has 0 spiro atoms. The lowest BCUT2D eigenvalue weighted by Gasteiger charge is -2.12. The molecule has 0 saturated heterocycles. The fraction of sp³-hybridized carbons (Fsp3) is 0.214. The smallest absolute Gasteiger partial charge is 0.183 e. The molecule has 0 bridgehead atoms. The van der Waals surface area contributed by atoms with Crippen molar-refractivity contribution in [3.05, 3.63) is 40.6 Å². The lowest BCUT2D eigenvalue weighted by molar-refractivity contribution is 0.350. The molecule has 2 aromatic rings. The van der Waals surface area contributed by atoms with E-state index < -0.39 is 10.8 Å². The van der Waals surface area contributed by atoms with Gasteiger partial charge in [0.05, 0.1) is 41.4 Å². The Morgan fingerprint density at radius 1 is 1.29 bits per heavy atom. The minimum absolute atomic E-state index is 0.225. The first-order valence-corrected chi connectivity index (χ1v) is 8.17. The molecule has 1 atom stereocenters. The minimum atomic E-state index is -1.28. The Morgan fingerprint density at radius 2 is 2.05 bits per heavy atom. The maximum absolute atomic E-state index is 12.5. The Kier molecular flexibility index (Phi) is 5.19. The van der Waals surface area contributed by atoms with Crippen molar-refractivity contribution >= 4 is 32.4 Å². The van der Waals surface area contributed by atoms with Crippen molar-refractivity contribution in [2.45, 2.75) is 10.6 Å². The molecule has 1 aromatic carbocycles. The third kappa shape index (κ3) is 3.54. The summed E-state index contributed by atoms with van der Waals surface area (Å²) in [6, 6.07) is 6.88. The number of ether oxygens (including phenoxy) is 2. The molecule has 0 fully saturated rings. The number of benzene rings is 1. The fourth-order valence-corrected chi connectivity index (χ4v) is 3.90. The summed E-state index contributed by atoms with van der Waals surface area (Å²) in [5.41, 5.74) is 6.88. The second kappa shape index (κ2) is 6.91. The number of nitrogens with zero attached hydrogens (tertiary/aromatic N) is 1. The summed E-state index contributed by atoms with van der Waals surface area (Å²) >= 11 is 3.38. The molecule has 2 rings (SSSR count). The van der Waals surface area contributed by atoms with Crippen molar-refractivity contribution in [1.82, 2.24) is 4.98 Å². The first-order valence-electron chi connectivity index (χ1n) is 6.06. The number of aromatic nitrogens is 1. The molecule has 7 heteroatoms. The van der Waals surface area contributed by atoms with Crippen LogP contribution in [0.4, 0.5) is 5.69 Å². The minimum Gasteiger partial charge on any atom is -0.493 e. The average Bonchev–Trinajstić information content (AvgIpc) is 2.46. The van der Waals surface area contributed by atoms with Gasteiger partial charge in [-0.1, -0.05) is 0 Å². The molecule has 0 aliphatic heterocycles. The topological polar surface area (TPSA) is 74.4 Å². The summed E-state index contributed by atoms with van der Waals surface area (Å²) in [7, 11) is 1.81. The van der Waals surface area contributed by atoms with Crippen LogP contribution < -0.4 is 15.2 Å². The lowest BCUT2D eigenvalue weighted by atomic mass is 10.3. The fourth-order valence-electron chi connectivity index (χ4n) is 1.86. The Balaban J connectivity index is 2.31. The van der Waals surface area contributed by atoms with Crippen LogP contribution in [-0.4, -0.2) is 23.4 Å². The summed E-state index contributed by atoms with van der Waals surface area (Å²) in [5, 5.41) is 0. The monoisotopic (exact) mass is 370 g/mol. The van der Waals surface area contributed by atoms with E-state index in [1.54, 1.807) is 37.6 Å². The third-order valence-electron chi connectivity index (χ3n) is 2.84. The molecule has 0 aliphatic rings. The van der Waals surface area contributed by atoms with Gasteiger partial charge in [0.15, 0.2) is 11.5 Å². The Bertz CT molecular complexity index is 679. The molecule has 5 nitrogen and oxygen atoms in total. The van der Waals surface area contributed by atoms with Gasteiger partial charge in [-0.25, -0.2) is 0 Å². The third-order valence-corrected chi connectivity index (χ3v) is 5.14.